The van der Waals surface area contributed by atoms with Crippen LogP contribution in [0.4, 0.5) is 15.8 Å². The van der Waals surface area contributed by atoms with E-state index in [4.69, 9.17) is 10.5 Å². The van der Waals surface area contributed by atoms with E-state index >= 15 is 0 Å². The molecule has 6 heteroatoms. The van der Waals surface area contributed by atoms with E-state index in [2.05, 4.69) is 0 Å². The van der Waals surface area contributed by atoms with Crippen molar-refractivity contribution in [2.75, 3.05) is 24.3 Å². The average molecular weight is 308 g/mol. The lowest BCUT2D eigenvalue weighted by molar-refractivity contribution is 0.0527. The van der Waals surface area contributed by atoms with Gasteiger partial charge in [0.15, 0.2) is 0 Å². The minimum Gasteiger partial charge on any atom is -0.462 e. The lowest BCUT2D eigenvalue weighted by Gasteiger charge is -2.20. The van der Waals surface area contributed by atoms with Crippen LogP contribution in [0.1, 0.15) is 22.2 Å². The summed E-state index contributed by atoms with van der Waals surface area (Å²) >= 11 is 1.59. The van der Waals surface area contributed by atoms with Crippen LogP contribution in [0.15, 0.2) is 29.6 Å². The van der Waals surface area contributed by atoms with Crippen molar-refractivity contribution >= 4 is 28.7 Å². The zero-order valence-electron chi connectivity index (χ0n) is 11.9. The summed E-state index contributed by atoms with van der Waals surface area (Å²) < 4.78 is 19.0. The first-order valence-corrected chi connectivity index (χ1v) is 7.40. The molecule has 2 aromatic rings. The van der Waals surface area contributed by atoms with Crippen LogP contribution in [-0.4, -0.2) is 19.6 Å². The smallest absolute Gasteiger partial charge is 0.340 e. The van der Waals surface area contributed by atoms with Gasteiger partial charge in [0, 0.05) is 17.6 Å². The van der Waals surface area contributed by atoms with Gasteiger partial charge in [0.1, 0.15) is 5.82 Å². The fraction of sp³-hybridized carbons (Fsp3) is 0.267. The van der Waals surface area contributed by atoms with Crippen LogP contribution < -0.4 is 10.6 Å². The molecule has 0 aliphatic carbocycles. The van der Waals surface area contributed by atoms with E-state index in [1.807, 2.05) is 17.5 Å². The molecule has 4 nitrogen and oxygen atoms in total. The molecule has 21 heavy (non-hydrogen) atoms. The molecule has 0 aliphatic rings. The molecule has 0 bridgehead atoms. The van der Waals surface area contributed by atoms with Gasteiger partial charge < -0.3 is 15.4 Å². The van der Waals surface area contributed by atoms with Crippen LogP contribution >= 0.6 is 11.3 Å². The zero-order valence-corrected chi connectivity index (χ0v) is 12.7. The highest BCUT2D eigenvalue weighted by molar-refractivity contribution is 7.09. The number of rotatable bonds is 5. The molecule has 0 amide bonds. The topological polar surface area (TPSA) is 55.6 Å². The summed E-state index contributed by atoms with van der Waals surface area (Å²) in [5.74, 6) is -1.000. The molecule has 0 spiro atoms. The summed E-state index contributed by atoms with van der Waals surface area (Å²) in [6, 6.07) is 6.52. The van der Waals surface area contributed by atoms with Gasteiger partial charge in [-0.3, -0.25) is 0 Å². The van der Waals surface area contributed by atoms with E-state index in [-0.39, 0.29) is 17.9 Å². The molecule has 0 unspecified atom stereocenters. The summed E-state index contributed by atoms with van der Waals surface area (Å²) in [5, 5.41) is 1.96. The molecule has 0 atom stereocenters. The Bertz CT molecular complexity index is 629. The van der Waals surface area contributed by atoms with Crippen LogP contribution in [0.25, 0.3) is 0 Å². The average Bonchev–Trinajstić information content (AvgIpc) is 2.91. The third-order valence-corrected chi connectivity index (χ3v) is 3.86. The number of ether oxygens (including phenoxy) is 1. The van der Waals surface area contributed by atoms with Gasteiger partial charge >= 0.3 is 5.97 Å². The van der Waals surface area contributed by atoms with Crippen LogP contribution in [0.5, 0.6) is 0 Å². The number of thiophene rings is 1. The third-order valence-electron chi connectivity index (χ3n) is 3.00. The van der Waals surface area contributed by atoms with E-state index in [1.54, 1.807) is 30.2 Å². The van der Waals surface area contributed by atoms with Crippen molar-refractivity contribution < 1.29 is 13.9 Å². The second kappa shape index (κ2) is 6.58. The van der Waals surface area contributed by atoms with E-state index in [1.165, 1.54) is 6.07 Å². The predicted octanol–water partition coefficient (Wildman–Crippen LogP) is 3.28. The van der Waals surface area contributed by atoms with Gasteiger partial charge in [-0.05, 0) is 30.5 Å². The van der Waals surface area contributed by atoms with Gasteiger partial charge in [0.2, 0.25) is 0 Å². The standard InChI is InChI=1S/C15H17FN2O2S/c1-3-20-15(19)11-7-14(12(16)8-13(11)17)18(2)9-10-5-4-6-21-10/h4-8H,3,9,17H2,1-2H3. The highest BCUT2D eigenvalue weighted by Gasteiger charge is 2.17. The Balaban J connectivity index is 2.30. The summed E-state index contributed by atoms with van der Waals surface area (Å²) in [6.07, 6.45) is 0. The minimum atomic E-state index is -0.541. The van der Waals surface area contributed by atoms with Crippen LogP contribution in [-0.2, 0) is 11.3 Å². The first-order valence-electron chi connectivity index (χ1n) is 6.52. The van der Waals surface area contributed by atoms with E-state index in [0.717, 1.165) is 10.9 Å². The molecule has 0 saturated heterocycles. The van der Waals surface area contributed by atoms with E-state index in [9.17, 15) is 9.18 Å². The summed E-state index contributed by atoms with van der Waals surface area (Å²) in [6.45, 7) is 2.51. The fourth-order valence-electron chi connectivity index (χ4n) is 1.98. The molecular weight excluding hydrogens is 291 g/mol. The number of halogens is 1. The maximum absolute atomic E-state index is 14.1. The fourth-order valence-corrected chi connectivity index (χ4v) is 2.73. The summed E-state index contributed by atoms with van der Waals surface area (Å²) in [4.78, 5) is 14.7. The van der Waals surface area contributed by atoms with Gasteiger partial charge in [-0.1, -0.05) is 6.07 Å². The van der Waals surface area contributed by atoms with Crippen molar-refractivity contribution in [3.63, 3.8) is 0 Å². The Morgan fingerprint density at radius 3 is 2.86 bits per heavy atom. The molecule has 0 aliphatic heterocycles. The minimum absolute atomic E-state index is 0.0826. The number of carbonyl (C=O) groups is 1. The predicted molar refractivity (Wildman–Crippen MR) is 83.2 cm³/mol. The van der Waals surface area contributed by atoms with Crippen LogP contribution in [0.3, 0.4) is 0 Å². The number of benzene rings is 1. The van der Waals surface area contributed by atoms with E-state index in [0.29, 0.717) is 12.2 Å². The Morgan fingerprint density at radius 2 is 2.24 bits per heavy atom. The van der Waals surface area contributed by atoms with E-state index < -0.39 is 11.8 Å². The van der Waals surface area contributed by atoms with Gasteiger partial charge in [-0.2, -0.15) is 0 Å². The molecule has 1 aromatic carbocycles. The highest BCUT2D eigenvalue weighted by Crippen LogP contribution is 2.27. The van der Waals surface area contributed by atoms with Crippen molar-refractivity contribution in [2.24, 2.45) is 0 Å². The number of hydrogen-bond acceptors (Lipinski definition) is 5. The first kappa shape index (κ1) is 15.3. The molecule has 2 N–H and O–H groups in total. The van der Waals surface area contributed by atoms with Gasteiger partial charge in [-0.25, -0.2) is 9.18 Å². The van der Waals surface area contributed by atoms with Crippen molar-refractivity contribution in [3.8, 4) is 0 Å². The molecule has 112 valence electrons. The van der Waals surface area contributed by atoms with Crippen molar-refractivity contribution in [2.45, 2.75) is 13.5 Å². The third kappa shape index (κ3) is 3.52. The number of hydrogen-bond donors (Lipinski definition) is 1. The first-order chi connectivity index (χ1) is 10.0. The monoisotopic (exact) mass is 308 g/mol. The largest absolute Gasteiger partial charge is 0.462 e. The van der Waals surface area contributed by atoms with Gasteiger partial charge in [0.05, 0.1) is 24.4 Å². The lowest BCUT2D eigenvalue weighted by Crippen LogP contribution is -2.19. The highest BCUT2D eigenvalue weighted by atomic mass is 32.1. The summed E-state index contributed by atoms with van der Waals surface area (Å²) in [7, 11) is 1.77. The quantitative estimate of drug-likeness (QED) is 0.680. The molecule has 0 fully saturated rings. The normalized spacial score (nSPS) is 10.4. The Hall–Kier alpha value is -2.08. The number of anilines is 2. The summed E-state index contributed by atoms with van der Waals surface area (Å²) in [5.41, 5.74) is 6.29. The van der Waals surface area contributed by atoms with Gasteiger partial charge in [0.25, 0.3) is 0 Å². The Morgan fingerprint density at radius 1 is 1.48 bits per heavy atom. The van der Waals surface area contributed by atoms with Crippen LogP contribution in [0.2, 0.25) is 0 Å². The Kier molecular flexibility index (Phi) is 4.80. The second-order valence-corrected chi connectivity index (χ2v) is 5.58. The number of nitrogen functional groups attached to an aromatic ring is 1. The zero-order chi connectivity index (χ0) is 15.4. The molecule has 1 aromatic heterocycles. The number of nitrogens with two attached hydrogens (primary N) is 1. The molecule has 0 saturated carbocycles. The molecular formula is C15H17FN2O2S. The second-order valence-electron chi connectivity index (χ2n) is 4.55. The number of esters is 1. The maximum atomic E-state index is 14.1. The van der Waals surface area contributed by atoms with Gasteiger partial charge in [-0.15, -0.1) is 11.3 Å². The van der Waals surface area contributed by atoms with Crippen LogP contribution in [0, 0.1) is 5.82 Å². The molecule has 2 rings (SSSR count). The number of carbonyl (C=O) groups excluding carboxylic acids is 1. The molecule has 0 radical (unpaired) electrons. The molecule has 1 heterocycles. The maximum Gasteiger partial charge on any atom is 0.340 e. The Labute approximate surface area is 126 Å². The lowest BCUT2D eigenvalue weighted by atomic mass is 10.1. The number of nitrogens with zero attached hydrogens (tertiary/aromatic N) is 1. The van der Waals surface area contributed by atoms with Crippen molar-refractivity contribution in [3.05, 3.63) is 45.9 Å². The van der Waals surface area contributed by atoms with Crippen molar-refractivity contribution in [1.29, 1.82) is 0 Å². The SMILES string of the molecule is CCOC(=O)c1cc(N(C)Cc2cccs2)c(F)cc1N. The van der Waals surface area contributed by atoms with Crippen molar-refractivity contribution in [1.82, 2.24) is 0 Å².